The highest BCUT2D eigenvalue weighted by Crippen LogP contribution is 2.06. The maximum Gasteiger partial charge on any atom is 0.128 e. The molecule has 0 amide bonds. The Morgan fingerprint density at radius 2 is 1.11 bits per heavy atom. The van der Waals surface area contributed by atoms with Crippen molar-refractivity contribution >= 4 is 0 Å². The summed E-state index contributed by atoms with van der Waals surface area (Å²) in [6, 6.07) is 0. The van der Waals surface area contributed by atoms with Crippen molar-refractivity contribution in [2.45, 2.75) is 39.1 Å². The van der Waals surface area contributed by atoms with Crippen LogP contribution in [-0.2, 0) is 0 Å². The van der Waals surface area contributed by atoms with E-state index in [4.69, 9.17) is 10.2 Å². The van der Waals surface area contributed by atoms with E-state index in [9.17, 15) is 0 Å². The average molecular weight is 132 g/mol. The molecule has 9 heavy (non-hydrogen) atoms. The lowest BCUT2D eigenvalue weighted by Crippen LogP contribution is -2.45. The number of aliphatic hydroxyl groups is 2. The van der Waals surface area contributed by atoms with Crippen LogP contribution in [0.4, 0.5) is 0 Å². The molecule has 0 saturated heterocycles. The molecule has 1 radical (unpaired) electrons. The summed E-state index contributed by atoms with van der Waals surface area (Å²) in [5.41, 5.74) is -2.28. The van der Waals surface area contributed by atoms with Crippen molar-refractivity contribution in [2.24, 2.45) is 0 Å². The minimum absolute atomic E-state index is 1.14. The number of nitrogens with zero attached hydrogens (tertiary/aromatic N) is 1. The van der Waals surface area contributed by atoms with Gasteiger partial charge >= 0.3 is 0 Å². The molecule has 3 nitrogen and oxygen atoms in total. The van der Waals surface area contributed by atoms with E-state index in [1.54, 1.807) is 0 Å². The van der Waals surface area contributed by atoms with Crippen molar-refractivity contribution in [3.63, 3.8) is 0 Å². The largest absolute Gasteiger partial charge is 0.375 e. The van der Waals surface area contributed by atoms with Gasteiger partial charge in [-0.05, 0) is 27.7 Å². The molecule has 3 heteroatoms. The van der Waals surface area contributed by atoms with Crippen LogP contribution in [0.5, 0.6) is 0 Å². The molecule has 0 saturated carbocycles. The molecular weight excluding hydrogens is 118 g/mol. The van der Waals surface area contributed by atoms with Gasteiger partial charge in [0.2, 0.25) is 0 Å². The first kappa shape index (κ1) is 8.88. The fourth-order valence-electron chi connectivity index (χ4n) is 0.670. The molecule has 0 aromatic carbocycles. The average Bonchev–Trinajstić information content (AvgIpc) is 1.14. The molecular formula is C6H14NO2. The quantitative estimate of drug-likeness (QED) is 0.557. The van der Waals surface area contributed by atoms with Gasteiger partial charge in [-0.25, -0.2) is 0 Å². The Morgan fingerprint density at radius 3 is 1.11 bits per heavy atom. The van der Waals surface area contributed by atoms with Gasteiger partial charge in [-0.1, -0.05) is 0 Å². The molecule has 0 spiro atoms. The summed E-state index contributed by atoms with van der Waals surface area (Å²) >= 11 is 0. The lowest BCUT2D eigenvalue weighted by Gasteiger charge is -2.26. The van der Waals surface area contributed by atoms with Gasteiger partial charge in [-0.2, -0.15) is 5.32 Å². The predicted molar refractivity (Wildman–Crippen MR) is 34.7 cm³/mol. The molecule has 0 rings (SSSR count). The Balaban J connectivity index is 3.75. The SMILES string of the molecule is CC(C)(O)[N]C(C)(C)O. The Kier molecular flexibility index (Phi) is 2.22. The zero-order valence-corrected chi connectivity index (χ0v) is 6.34. The molecule has 0 aliphatic carbocycles. The highest BCUT2D eigenvalue weighted by Gasteiger charge is 2.24. The molecule has 55 valence electrons. The highest BCUT2D eigenvalue weighted by molar-refractivity contribution is 4.69. The number of hydrogen-bond acceptors (Lipinski definition) is 2. The van der Waals surface area contributed by atoms with Crippen LogP contribution in [0.25, 0.3) is 0 Å². The van der Waals surface area contributed by atoms with Crippen molar-refractivity contribution < 1.29 is 10.2 Å². The van der Waals surface area contributed by atoms with Crippen LogP contribution >= 0.6 is 0 Å². The van der Waals surface area contributed by atoms with Gasteiger partial charge in [0.05, 0.1) is 0 Å². The Bertz CT molecular complexity index is 76.2. The molecule has 0 bridgehead atoms. The minimum atomic E-state index is -1.14. The first-order chi connectivity index (χ1) is 3.71. The van der Waals surface area contributed by atoms with Crippen LogP contribution in [0, 0.1) is 0 Å². The summed E-state index contributed by atoms with van der Waals surface area (Å²) in [7, 11) is 0. The zero-order chi connectivity index (χ0) is 7.71. The summed E-state index contributed by atoms with van der Waals surface area (Å²) in [5.74, 6) is 0. The molecule has 0 heterocycles. The zero-order valence-electron chi connectivity index (χ0n) is 6.34. The smallest absolute Gasteiger partial charge is 0.128 e. The van der Waals surface area contributed by atoms with Crippen LogP contribution in [0.1, 0.15) is 27.7 Å². The molecule has 0 aromatic rings. The van der Waals surface area contributed by atoms with Gasteiger partial charge in [-0.3, -0.25) is 0 Å². The standard InChI is InChI=1S/C6H14NO2/c1-5(2,8)7-6(3,4)9/h8-9H,1-4H3. The van der Waals surface area contributed by atoms with Gasteiger partial charge in [0.25, 0.3) is 0 Å². The van der Waals surface area contributed by atoms with Gasteiger partial charge in [0.1, 0.15) is 11.4 Å². The summed E-state index contributed by atoms with van der Waals surface area (Å²) in [6.07, 6.45) is 0. The van der Waals surface area contributed by atoms with Crippen molar-refractivity contribution in [1.82, 2.24) is 5.32 Å². The van der Waals surface area contributed by atoms with E-state index in [-0.39, 0.29) is 0 Å². The van der Waals surface area contributed by atoms with Gasteiger partial charge in [0, 0.05) is 0 Å². The Hall–Kier alpha value is -0.120. The summed E-state index contributed by atoms with van der Waals surface area (Å²) in [5, 5.41) is 21.7. The van der Waals surface area contributed by atoms with E-state index in [0.717, 1.165) is 0 Å². The van der Waals surface area contributed by atoms with Crippen LogP contribution in [0.2, 0.25) is 0 Å². The second kappa shape index (κ2) is 2.25. The van der Waals surface area contributed by atoms with Crippen molar-refractivity contribution in [1.29, 1.82) is 0 Å². The molecule has 0 unspecified atom stereocenters. The Morgan fingerprint density at radius 1 is 0.889 bits per heavy atom. The van der Waals surface area contributed by atoms with E-state index >= 15 is 0 Å². The lowest BCUT2D eigenvalue weighted by molar-refractivity contribution is -0.0687. The Labute approximate surface area is 55.7 Å². The number of hydrogen-bond donors (Lipinski definition) is 2. The van der Waals surface area contributed by atoms with Crippen molar-refractivity contribution in [2.75, 3.05) is 0 Å². The fraction of sp³-hybridized carbons (Fsp3) is 1.00. The van der Waals surface area contributed by atoms with Crippen molar-refractivity contribution in [3.8, 4) is 0 Å². The van der Waals surface area contributed by atoms with Crippen LogP contribution in [0.15, 0.2) is 0 Å². The van der Waals surface area contributed by atoms with E-state index in [1.807, 2.05) is 0 Å². The fourth-order valence-corrected chi connectivity index (χ4v) is 0.670. The third-order valence-corrected chi connectivity index (χ3v) is 0.547. The molecule has 0 aliphatic heterocycles. The van der Waals surface area contributed by atoms with Gasteiger partial charge in [-0.15, -0.1) is 0 Å². The molecule has 0 aliphatic rings. The summed E-state index contributed by atoms with van der Waals surface area (Å²) in [4.78, 5) is 0. The normalized spacial score (nSPS) is 14.0. The van der Waals surface area contributed by atoms with E-state index in [2.05, 4.69) is 5.32 Å². The van der Waals surface area contributed by atoms with Crippen molar-refractivity contribution in [3.05, 3.63) is 0 Å². The third kappa shape index (κ3) is 7.88. The molecule has 2 N–H and O–H groups in total. The molecule has 0 atom stereocenters. The second-order valence-corrected chi connectivity index (χ2v) is 3.10. The van der Waals surface area contributed by atoms with E-state index in [1.165, 1.54) is 27.7 Å². The highest BCUT2D eigenvalue weighted by atomic mass is 16.3. The molecule has 0 fully saturated rings. The first-order valence-corrected chi connectivity index (χ1v) is 2.89. The maximum absolute atomic E-state index is 9.03. The maximum atomic E-state index is 9.03. The third-order valence-electron chi connectivity index (χ3n) is 0.547. The van der Waals surface area contributed by atoms with Crippen LogP contribution in [0.3, 0.4) is 0 Å². The van der Waals surface area contributed by atoms with Crippen LogP contribution in [-0.4, -0.2) is 21.7 Å². The predicted octanol–water partition coefficient (Wildman–Crippen LogP) is 0.0476. The van der Waals surface area contributed by atoms with Gasteiger partial charge < -0.3 is 10.2 Å². The number of rotatable bonds is 2. The summed E-state index contributed by atoms with van der Waals surface area (Å²) < 4.78 is 0. The minimum Gasteiger partial charge on any atom is -0.375 e. The van der Waals surface area contributed by atoms with Gasteiger partial charge in [0.15, 0.2) is 0 Å². The monoisotopic (exact) mass is 132 g/mol. The second-order valence-electron chi connectivity index (χ2n) is 3.10. The van der Waals surface area contributed by atoms with E-state index < -0.39 is 11.4 Å². The lowest BCUT2D eigenvalue weighted by atomic mass is 10.2. The van der Waals surface area contributed by atoms with Crippen LogP contribution < -0.4 is 5.32 Å². The first-order valence-electron chi connectivity index (χ1n) is 2.89. The topological polar surface area (TPSA) is 54.6 Å². The summed E-state index contributed by atoms with van der Waals surface area (Å²) in [6.45, 7) is 6.08. The van der Waals surface area contributed by atoms with E-state index in [0.29, 0.717) is 0 Å². The molecule has 0 aromatic heterocycles.